The van der Waals surface area contributed by atoms with Gasteiger partial charge in [-0.3, -0.25) is 9.59 Å². The summed E-state index contributed by atoms with van der Waals surface area (Å²) in [6.45, 7) is 13.2. The molecular weight excluding hydrogens is 496 g/mol. The summed E-state index contributed by atoms with van der Waals surface area (Å²) < 4.78 is 6.64. The molecule has 0 bridgehead atoms. The highest BCUT2D eigenvalue weighted by Gasteiger charge is 2.18. The first-order valence-electron chi connectivity index (χ1n) is 14.7. The first-order valence-corrected chi connectivity index (χ1v) is 14.7. The van der Waals surface area contributed by atoms with Crippen LogP contribution in [0, 0.1) is 13.8 Å². The van der Waals surface area contributed by atoms with Gasteiger partial charge in [-0.25, -0.2) is 0 Å². The fraction of sp³-hybridized carbons (Fsp3) is 0.444. The van der Waals surface area contributed by atoms with Crippen molar-refractivity contribution < 1.29 is 19.4 Å². The van der Waals surface area contributed by atoms with E-state index in [1.165, 1.54) is 40.7 Å². The molecule has 0 saturated heterocycles. The third-order valence-corrected chi connectivity index (χ3v) is 7.54. The Kier molecular flexibility index (Phi) is 11.1. The predicted molar refractivity (Wildman–Crippen MR) is 164 cm³/mol. The summed E-state index contributed by atoms with van der Waals surface area (Å²) in [5, 5.41) is 8.84. The molecule has 0 aliphatic heterocycles. The van der Waals surface area contributed by atoms with Gasteiger partial charge in [-0.15, -0.1) is 0 Å². The van der Waals surface area contributed by atoms with E-state index in [2.05, 4.69) is 77.9 Å². The molecule has 0 spiro atoms. The fourth-order valence-electron chi connectivity index (χ4n) is 5.23. The van der Waals surface area contributed by atoms with Crippen LogP contribution in [0.15, 0.2) is 60.7 Å². The largest absolute Gasteiger partial charge is 0.486 e. The first-order chi connectivity index (χ1) is 19.0. The number of unbranched alkanes of at least 4 members (excludes halogenated alkanes) is 3. The van der Waals surface area contributed by atoms with Crippen molar-refractivity contribution in [3.8, 4) is 16.9 Å². The Morgan fingerprint density at radius 3 is 2.00 bits per heavy atom. The number of carbonyl (C=O) groups is 2. The third-order valence-electron chi connectivity index (χ3n) is 7.54. The van der Waals surface area contributed by atoms with Gasteiger partial charge in [-0.2, -0.15) is 0 Å². The molecule has 0 saturated carbocycles. The van der Waals surface area contributed by atoms with Crippen LogP contribution in [0.5, 0.6) is 5.75 Å². The highest BCUT2D eigenvalue weighted by atomic mass is 16.5. The number of carbonyl (C=O) groups excluding carboxylic acids is 1. The Bertz CT molecular complexity index is 1240. The Morgan fingerprint density at radius 1 is 0.825 bits per heavy atom. The third kappa shape index (κ3) is 8.81. The van der Waals surface area contributed by atoms with Gasteiger partial charge in [-0.1, -0.05) is 95.5 Å². The number of carboxylic acid groups (broad SMARTS) is 1. The lowest BCUT2D eigenvalue weighted by atomic mass is 9.85. The van der Waals surface area contributed by atoms with Crippen molar-refractivity contribution in [3.63, 3.8) is 0 Å². The average Bonchev–Trinajstić information content (AvgIpc) is 2.89. The molecule has 4 heteroatoms. The van der Waals surface area contributed by atoms with E-state index in [-0.39, 0.29) is 30.1 Å². The number of carboxylic acids is 1. The minimum atomic E-state index is -0.872. The molecule has 0 radical (unpaired) electrons. The summed E-state index contributed by atoms with van der Waals surface area (Å²) in [4.78, 5) is 23.3. The highest BCUT2D eigenvalue weighted by molar-refractivity contribution is 5.96. The van der Waals surface area contributed by atoms with E-state index in [1.54, 1.807) is 0 Å². The van der Waals surface area contributed by atoms with E-state index in [0.29, 0.717) is 12.0 Å². The van der Waals surface area contributed by atoms with Crippen molar-refractivity contribution in [1.82, 2.24) is 0 Å². The first kappa shape index (κ1) is 31.1. The number of aliphatic carboxylic acids is 1. The predicted octanol–water partition coefficient (Wildman–Crippen LogP) is 9.80. The lowest BCUT2D eigenvalue weighted by molar-refractivity contribution is -0.137. The summed E-state index contributed by atoms with van der Waals surface area (Å²) in [7, 11) is 0. The number of ketones is 1. The van der Waals surface area contributed by atoms with E-state index in [9.17, 15) is 9.59 Å². The molecule has 0 aromatic heterocycles. The number of rotatable bonds is 14. The number of aryl methyl sites for hydroxylation is 2. The number of Topliss-reactive ketones (excluding diaryl/α,β-unsaturated/α-hetero) is 1. The van der Waals surface area contributed by atoms with Crippen molar-refractivity contribution in [3.05, 3.63) is 88.5 Å². The van der Waals surface area contributed by atoms with E-state index in [4.69, 9.17) is 9.84 Å². The fourth-order valence-corrected chi connectivity index (χ4v) is 5.23. The van der Waals surface area contributed by atoms with E-state index >= 15 is 0 Å². The molecule has 1 unspecified atom stereocenters. The lowest BCUT2D eigenvalue weighted by Crippen LogP contribution is -2.10. The summed E-state index contributed by atoms with van der Waals surface area (Å²) >= 11 is 0. The summed E-state index contributed by atoms with van der Waals surface area (Å²) in [6, 6.07) is 20.8. The maximum Gasteiger partial charge on any atom is 0.303 e. The van der Waals surface area contributed by atoms with Gasteiger partial charge in [0.1, 0.15) is 11.9 Å². The second kappa shape index (κ2) is 14.3. The van der Waals surface area contributed by atoms with Gasteiger partial charge in [-0.05, 0) is 84.0 Å². The highest BCUT2D eigenvalue weighted by Crippen LogP contribution is 2.35. The molecule has 0 fully saturated rings. The molecule has 0 heterocycles. The van der Waals surface area contributed by atoms with Crippen LogP contribution in [-0.4, -0.2) is 16.9 Å². The average molecular weight is 543 g/mol. The van der Waals surface area contributed by atoms with Gasteiger partial charge in [0.25, 0.3) is 0 Å². The van der Waals surface area contributed by atoms with Crippen molar-refractivity contribution in [2.24, 2.45) is 0 Å². The van der Waals surface area contributed by atoms with Crippen LogP contribution >= 0.6 is 0 Å². The molecular formula is C36H46O4. The van der Waals surface area contributed by atoms with Crippen LogP contribution in [0.25, 0.3) is 11.1 Å². The van der Waals surface area contributed by atoms with Crippen molar-refractivity contribution in [2.45, 2.75) is 104 Å². The zero-order valence-corrected chi connectivity index (χ0v) is 25.2. The second-order valence-electron chi connectivity index (χ2n) is 12.0. The number of ether oxygens (including phenoxy) is 1. The van der Waals surface area contributed by atoms with Crippen molar-refractivity contribution >= 4 is 11.8 Å². The van der Waals surface area contributed by atoms with E-state index in [1.807, 2.05) is 24.3 Å². The smallest absolute Gasteiger partial charge is 0.303 e. The lowest BCUT2D eigenvalue weighted by Gasteiger charge is -2.22. The Morgan fingerprint density at radius 2 is 1.45 bits per heavy atom. The quantitative estimate of drug-likeness (QED) is 0.163. The zero-order valence-electron chi connectivity index (χ0n) is 25.2. The zero-order chi connectivity index (χ0) is 29.3. The van der Waals surface area contributed by atoms with Crippen molar-refractivity contribution in [1.29, 1.82) is 0 Å². The van der Waals surface area contributed by atoms with Gasteiger partial charge in [0.05, 0.1) is 0 Å². The Balaban J connectivity index is 1.80. The maximum atomic E-state index is 12.5. The molecule has 1 N–H and O–H groups in total. The topological polar surface area (TPSA) is 63.6 Å². The SMILES string of the molecule is CCCCCCC(Oc1cc(C)c(-c2ccc(C(C)(C)C)cc2)c(C)c1)c1ccc(C(=O)CCCC(=O)O)cc1. The number of benzene rings is 3. The minimum Gasteiger partial charge on any atom is -0.486 e. The van der Waals surface area contributed by atoms with Gasteiger partial charge in [0.15, 0.2) is 5.78 Å². The molecule has 0 aliphatic rings. The monoisotopic (exact) mass is 542 g/mol. The second-order valence-corrected chi connectivity index (χ2v) is 12.0. The van der Waals surface area contributed by atoms with E-state index in [0.717, 1.165) is 30.6 Å². The van der Waals surface area contributed by atoms with Crippen molar-refractivity contribution in [2.75, 3.05) is 0 Å². The van der Waals surface area contributed by atoms with Crippen LogP contribution in [0.4, 0.5) is 0 Å². The molecule has 0 aliphatic carbocycles. The minimum absolute atomic E-state index is 0.0113. The normalized spacial score (nSPS) is 12.2. The van der Waals surface area contributed by atoms with Crippen LogP contribution in [0.1, 0.15) is 118 Å². The molecule has 3 aromatic rings. The number of hydrogen-bond acceptors (Lipinski definition) is 3. The molecule has 3 rings (SSSR count). The molecule has 4 nitrogen and oxygen atoms in total. The van der Waals surface area contributed by atoms with Crippen LogP contribution in [0.3, 0.4) is 0 Å². The van der Waals surface area contributed by atoms with Crippen LogP contribution in [0.2, 0.25) is 0 Å². The molecule has 40 heavy (non-hydrogen) atoms. The van der Waals surface area contributed by atoms with E-state index < -0.39 is 5.97 Å². The van der Waals surface area contributed by atoms with Gasteiger partial charge < -0.3 is 9.84 Å². The van der Waals surface area contributed by atoms with Gasteiger partial charge in [0, 0.05) is 18.4 Å². The Labute approximate surface area is 240 Å². The molecule has 1 atom stereocenters. The summed E-state index contributed by atoms with van der Waals surface area (Å²) in [5.74, 6) is -0.0341. The summed E-state index contributed by atoms with van der Waals surface area (Å²) in [6.07, 6.45) is 6.03. The molecule has 3 aromatic carbocycles. The summed E-state index contributed by atoms with van der Waals surface area (Å²) in [5.41, 5.74) is 7.95. The van der Waals surface area contributed by atoms with Gasteiger partial charge >= 0.3 is 5.97 Å². The van der Waals surface area contributed by atoms with Gasteiger partial charge in [0.2, 0.25) is 0 Å². The standard InChI is InChI=1S/C36H46O4/c1-7-8-9-10-13-33(28-17-15-27(16-18-28)32(37)12-11-14-34(38)39)40-31-23-25(2)35(26(3)24-31)29-19-21-30(22-20-29)36(4,5)6/h15-24,33H,7-14H2,1-6H3,(H,38,39). The number of hydrogen-bond donors (Lipinski definition) is 1. The Hall–Kier alpha value is -3.40. The molecule has 0 amide bonds. The van der Waals surface area contributed by atoms with Crippen LogP contribution in [-0.2, 0) is 10.2 Å². The molecule has 214 valence electrons. The van der Waals surface area contributed by atoms with Crippen LogP contribution < -0.4 is 4.74 Å². The maximum absolute atomic E-state index is 12.5.